The minimum Gasteiger partial charge on any atom is -0.462 e. The Morgan fingerprint density at radius 1 is 1.32 bits per heavy atom. The monoisotopic (exact) mass is 340 g/mol. The number of pyridine rings is 1. The summed E-state index contributed by atoms with van der Waals surface area (Å²) in [5.41, 5.74) is 6.24. The fraction of sp³-hybridized carbons (Fsp3) is 0.278. The van der Waals surface area contributed by atoms with E-state index in [1.165, 1.54) is 0 Å². The number of hydrogen-bond acceptors (Lipinski definition) is 5. The van der Waals surface area contributed by atoms with Gasteiger partial charge in [-0.1, -0.05) is 30.3 Å². The lowest BCUT2D eigenvalue weighted by molar-refractivity contribution is -0.125. The van der Waals surface area contributed by atoms with Crippen LogP contribution in [0.5, 0.6) is 5.88 Å². The minimum atomic E-state index is -1.13. The van der Waals surface area contributed by atoms with E-state index in [4.69, 9.17) is 10.5 Å². The molecular weight excluding hydrogens is 320 g/mol. The first-order chi connectivity index (χ1) is 11.9. The maximum absolute atomic E-state index is 12.3. The minimum absolute atomic E-state index is 0.225. The largest absolute Gasteiger partial charge is 0.462 e. The van der Waals surface area contributed by atoms with E-state index in [1.807, 2.05) is 30.3 Å². The molecule has 1 aromatic carbocycles. The van der Waals surface area contributed by atoms with Crippen molar-refractivity contribution >= 4 is 17.5 Å². The number of benzene rings is 1. The van der Waals surface area contributed by atoms with E-state index in [1.54, 1.807) is 26.1 Å². The highest BCUT2D eigenvalue weighted by Crippen LogP contribution is 2.31. The van der Waals surface area contributed by atoms with Crippen LogP contribution in [0.4, 0.5) is 5.69 Å². The molecule has 0 radical (unpaired) electrons. The highest BCUT2D eigenvalue weighted by atomic mass is 16.5. The summed E-state index contributed by atoms with van der Waals surface area (Å²) in [6, 6.07) is 12.9. The number of fused-ring (bicyclic) bond motifs is 1. The fourth-order valence-corrected chi connectivity index (χ4v) is 2.65. The van der Waals surface area contributed by atoms with Crippen molar-refractivity contribution in [2.24, 2.45) is 5.73 Å². The number of aromatic nitrogens is 1. The lowest BCUT2D eigenvalue weighted by atomic mass is 9.96. The lowest BCUT2D eigenvalue weighted by Crippen LogP contribution is -2.49. The Kier molecular flexibility index (Phi) is 4.41. The number of anilines is 1. The molecule has 2 atom stereocenters. The number of nitrogens with one attached hydrogen (secondary N) is 2. The van der Waals surface area contributed by atoms with E-state index < -0.39 is 17.6 Å². The van der Waals surface area contributed by atoms with Crippen LogP contribution in [-0.4, -0.2) is 29.9 Å². The Morgan fingerprint density at radius 3 is 2.68 bits per heavy atom. The average molecular weight is 340 g/mol. The van der Waals surface area contributed by atoms with E-state index >= 15 is 0 Å². The van der Waals surface area contributed by atoms with Crippen molar-refractivity contribution in [2.45, 2.75) is 25.0 Å². The average Bonchev–Trinajstić information content (AvgIpc) is 2.62. The number of nitrogens with two attached hydrogens (primary N) is 1. The standard InChI is InChI=1S/C18H20N4O3/c1-18(20-2,17(19)24)14-9-8-12-16(22-14)25-13(15(23)21-12)10-11-6-4-3-5-7-11/h3-9,13,20H,10H2,1-2H3,(H2,19,24)(H,21,23)/t13-,18?/m0/s1. The summed E-state index contributed by atoms with van der Waals surface area (Å²) in [4.78, 5) is 28.4. The van der Waals surface area contributed by atoms with Crippen molar-refractivity contribution in [2.75, 3.05) is 12.4 Å². The summed E-state index contributed by atoms with van der Waals surface area (Å²) in [5.74, 6) is -0.499. The molecule has 3 rings (SSSR count). The molecule has 130 valence electrons. The van der Waals surface area contributed by atoms with Crippen LogP contribution in [-0.2, 0) is 21.5 Å². The van der Waals surface area contributed by atoms with Crippen LogP contribution in [0, 0.1) is 0 Å². The molecule has 0 saturated carbocycles. The first-order valence-corrected chi connectivity index (χ1v) is 7.96. The first kappa shape index (κ1) is 16.9. The number of nitrogens with zero attached hydrogens (tertiary/aromatic N) is 1. The summed E-state index contributed by atoms with van der Waals surface area (Å²) in [7, 11) is 1.63. The van der Waals surface area contributed by atoms with Gasteiger partial charge in [0.15, 0.2) is 6.10 Å². The molecule has 1 aliphatic heterocycles. The predicted octanol–water partition coefficient (Wildman–Crippen LogP) is 0.944. The summed E-state index contributed by atoms with van der Waals surface area (Å²) in [5, 5.41) is 5.67. The van der Waals surface area contributed by atoms with E-state index in [9.17, 15) is 9.59 Å². The summed E-state index contributed by atoms with van der Waals surface area (Å²) in [6.45, 7) is 1.65. The van der Waals surface area contributed by atoms with Gasteiger partial charge in [0.1, 0.15) is 11.2 Å². The Balaban J connectivity index is 1.89. The second-order valence-corrected chi connectivity index (χ2v) is 6.07. The quantitative estimate of drug-likeness (QED) is 0.751. The zero-order valence-electron chi connectivity index (χ0n) is 14.1. The number of ether oxygens (including phenoxy) is 1. The molecular formula is C18H20N4O3. The molecule has 0 bridgehead atoms. The molecule has 1 aromatic heterocycles. The first-order valence-electron chi connectivity index (χ1n) is 7.96. The predicted molar refractivity (Wildman–Crippen MR) is 93.0 cm³/mol. The molecule has 1 unspecified atom stereocenters. The maximum Gasteiger partial charge on any atom is 0.266 e. The van der Waals surface area contributed by atoms with E-state index in [-0.39, 0.29) is 11.8 Å². The van der Waals surface area contributed by atoms with Crippen molar-refractivity contribution < 1.29 is 14.3 Å². The van der Waals surface area contributed by atoms with Gasteiger partial charge in [0.05, 0.1) is 5.69 Å². The van der Waals surface area contributed by atoms with Gasteiger partial charge in [-0.3, -0.25) is 9.59 Å². The van der Waals surface area contributed by atoms with E-state index in [0.717, 1.165) is 5.56 Å². The summed E-state index contributed by atoms with van der Waals surface area (Å²) in [6.07, 6.45) is -0.260. The maximum atomic E-state index is 12.3. The molecule has 7 nitrogen and oxygen atoms in total. The van der Waals surface area contributed by atoms with Gasteiger partial charge in [0, 0.05) is 6.42 Å². The van der Waals surface area contributed by atoms with Crippen molar-refractivity contribution in [1.82, 2.24) is 10.3 Å². The van der Waals surface area contributed by atoms with Gasteiger partial charge in [0.25, 0.3) is 5.91 Å². The molecule has 0 spiro atoms. The number of amides is 2. The second kappa shape index (κ2) is 6.52. The summed E-state index contributed by atoms with van der Waals surface area (Å²) >= 11 is 0. The second-order valence-electron chi connectivity index (χ2n) is 6.07. The van der Waals surface area contributed by atoms with Crippen molar-refractivity contribution in [3.05, 3.63) is 53.7 Å². The van der Waals surface area contributed by atoms with Crippen LogP contribution in [0.3, 0.4) is 0 Å². The Morgan fingerprint density at radius 2 is 2.04 bits per heavy atom. The van der Waals surface area contributed by atoms with Gasteiger partial charge in [-0.05, 0) is 31.7 Å². The Labute approximate surface area is 145 Å². The van der Waals surface area contributed by atoms with Crippen LogP contribution in [0.25, 0.3) is 0 Å². The molecule has 2 heterocycles. The van der Waals surface area contributed by atoms with Crippen LogP contribution in [0.15, 0.2) is 42.5 Å². The number of carbonyl (C=O) groups is 2. The van der Waals surface area contributed by atoms with Crippen molar-refractivity contribution in [3.63, 3.8) is 0 Å². The third-order valence-electron chi connectivity index (χ3n) is 4.43. The molecule has 7 heteroatoms. The molecule has 2 amide bonds. The third-order valence-corrected chi connectivity index (χ3v) is 4.43. The molecule has 1 aliphatic rings. The molecule has 0 saturated heterocycles. The SMILES string of the molecule is CNC(C)(C(N)=O)c1ccc2c(n1)O[C@@H](Cc1ccccc1)C(=O)N2. The zero-order chi connectivity index (χ0) is 18.0. The van der Waals surface area contributed by atoms with Gasteiger partial charge < -0.3 is 21.1 Å². The van der Waals surface area contributed by atoms with Crippen LogP contribution >= 0.6 is 0 Å². The molecule has 0 fully saturated rings. The smallest absolute Gasteiger partial charge is 0.266 e. The van der Waals surface area contributed by atoms with Crippen LogP contribution in [0.1, 0.15) is 18.2 Å². The number of rotatable bonds is 5. The molecule has 25 heavy (non-hydrogen) atoms. The Bertz CT molecular complexity index is 809. The summed E-state index contributed by atoms with van der Waals surface area (Å²) < 4.78 is 5.81. The number of likely N-dealkylation sites (N-methyl/N-ethyl adjacent to an activating group) is 1. The number of hydrogen-bond donors (Lipinski definition) is 3. The van der Waals surface area contributed by atoms with Crippen LogP contribution in [0.2, 0.25) is 0 Å². The molecule has 2 aromatic rings. The number of primary amides is 1. The van der Waals surface area contributed by atoms with Gasteiger partial charge in [-0.2, -0.15) is 0 Å². The van der Waals surface area contributed by atoms with Crippen molar-refractivity contribution in [1.29, 1.82) is 0 Å². The highest BCUT2D eigenvalue weighted by Gasteiger charge is 2.35. The third kappa shape index (κ3) is 3.18. The van der Waals surface area contributed by atoms with Crippen LogP contribution < -0.4 is 21.1 Å². The van der Waals surface area contributed by atoms with E-state index in [0.29, 0.717) is 17.8 Å². The van der Waals surface area contributed by atoms with E-state index in [2.05, 4.69) is 15.6 Å². The van der Waals surface area contributed by atoms with Crippen molar-refractivity contribution in [3.8, 4) is 5.88 Å². The number of carbonyl (C=O) groups excluding carboxylic acids is 2. The van der Waals surface area contributed by atoms with Gasteiger partial charge >= 0.3 is 0 Å². The Hall–Kier alpha value is -2.93. The zero-order valence-corrected chi connectivity index (χ0v) is 14.1. The van der Waals surface area contributed by atoms with Gasteiger partial charge in [-0.15, -0.1) is 0 Å². The molecule has 4 N–H and O–H groups in total. The lowest BCUT2D eigenvalue weighted by Gasteiger charge is -2.29. The normalized spacial score (nSPS) is 18.5. The van der Waals surface area contributed by atoms with Gasteiger partial charge in [0.2, 0.25) is 11.8 Å². The topological polar surface area (TPSA) is 106 Å². The highest BCUT2D eigenvalue weighted by molar-refractivity contribution is 5.97. The fourth-order valence-electron chi connectivity index (χ4n) is 2.65. The molecule has 0 aliphatic carbocycles. The van der Waals surface area contributed by atoms with Gasteiger partial charge in [-0.25, -0.2) is 4.98 Å².